The predicted octanol–water partition coefficient (Wildman–Crippen LogP) is 3.00. The van der Waals surface area contributed by atoms with Crippen molar-refractivity contribution >= 4 is 11.8 Å². The lowest BCUT2D eigenvalue weighted by molar-refractivity contribution is -0.133. The lowest BCUT2D eigenvalue weighted by atomic mass is 9.90. The fraction of sp³-hybridized carbons (Fsp3) is 0.259. The van der Waals surface area contributed by atoms with Crippen molar-refractivity contribution in [1.82, 2.24) is 10.6 Å². The highest BCUT2D eigenvalue weighted by Gasteiger charge is 2.36. The number of carbonyl (C=O) groups is 2. The van der Waals surface area contributed by atoms with Crippen LogP contribution in [0.5, 0.6) is 5.75 Å². The van der Waals surface area contributed by atoms with Gasteiger partial charge in [0, 0.05) is 13.0 Å². The molecule has 2 amide bonds. The van der Waals surface area contributed by atoms with Gasteiger partial charge in [0.05, 0.1) is 13.2 Å². The Morgan fingerprint density at radius 1 is 0.909 bits per heavy atom. The van der Waals surface area contributed by atoms with Crippen LogP contribution >= 0.6 is 0 Å². The number of rotatable bonds is 10. The zero-order valence-corrected chi connectivity index (χ0v) is 19.1. The number of nitrogens with two attached hydrogens (primary N) is 1. The van der Waals surface area contributed by atoms with E-state index in [0.29, 0.717) is 18.7 Å². The minimum absolute atomic E-state index is 0.283. The van der Waals surface area contributed by atoms with E-state index >= 15 is 0 Å². The normalized spacial score (nSPS) is 13.4. The molecule has 3 aromatic rings. The third kappa shape index (κ3) is 6.92. The quantitative estimate of drug-likeness (QED) is 0.447. The largest absolute Gasteiger partial charge is 0.497 e. The van der Waals surface area contributed by atoms with Crippen LogP contribution in [-0.2, 0) is 29.0 Å². The second-order valence-corrected chi connectivity index (χ2v) is 8.31. The zero-order chi connectivity index (χ0) is 23.7. The van der Waals surface area contributed by atoms with Crippen LogP contribution in [0.25, 0.3) is 0 Å². The SMILES string of the molecule is COc1cccc(CC(C)(NC(=O)[C@@H](N)Cc2ccccc2)C(=O)NCc2ccccc2)c1. The molecule has 0 aromatic heterocycles. The molecule has 2 atom stereocenters. The van der Waals surface area contributed by atoms with Crippen LogP contribution in [0.1, 0.15) is 23.6 Å². The lowest BCUT2D eigenvalue weighted by Crippen LogP contribution is -2.61. The van der Waals surface area contributed by atoms with Gasteiger partial charge in [0.2, 0.25) is 11.8 Å². The molecule has 0 radical (unpaired) electrons. The van der Waals surface area contributed by atoms with Crippen molar-refractivity contribution in [3.63, 3.8) is 0 Å². The summed E-state index contributed by atoms with van der Waals surface area (Å²) < 4.78 is 5.31. The van der Waals surface area contributed by atoms with Gasteiger partial charge in [-0.3, -0.25) is 9.59 Å². The summed E-state index contributed by atoms with van der Waals surface area (Å²) in [4.78, 5) is 26.3. The van der Waals surface area contributed by atoms with E-state index in [4.69, 9.17) is 10.5 Å². The van der Waals surface area contributed by atoms with E-state index < -0.39 is 11.6 Å². The van der Waals surface area contributed by atoms with Crippen LogP contribution in [0.15, 0.2) is 84.9 Å². The van der Waals surface area contributed by atoms with Crippen molar-refractivity contribution in [1.29, 1.82) is 0 Å². The molecule has 3 rings (SSSR count). The number of amides is 2. The fourth-order valence-corrected chi connectivity index (χ4v) is 3.67. The molecule has 1 unspecified atom stereocenters. The van der Waals surface area contributed by atoms with E-state index in [-0.39, 0.29) is 18.2 Å². The predicted molar refractivity (Wildman–Crippen MR) is 130 cm³/mol. The maximum absolute atomic E-state index is 13.3. The summed E-state index contributed by atoms with van der Waals surface area (Å²) in [6.45, 7) is 2.08. The Bertz CT molecular complexity index is 1060. The highest BCUT2D eigenvalue weighted by molar-refractivity contribution is 5.93. The van der Waals surface area contributed by atoms with Gasteiger partial charge in [0.1, 0.15) is 11.3 Å². The molecule has 0 aliphatic heterocycles. The summed E-state index contributed by atoms with van der Waals surface area (Å²) in [5, 5.41) is 5.88. The Balaban J connectivity index is 1.77. The monoisotopic (exact) mass is 445 g/mol. The van der Waals surface area contributed by atoms with E-state index in [9.17, 15) is 9.59 Å². The summed E-state index contributed by atoms with van der Waals surface area (Å²) in [5.41, 5.74) is 7.79. The van der Waals surface area contributed by atoms with E-state index in [1.54, 1.807) is 14.0 Å². The average molecular weight is 446 g/mol. The summed E-state index contributed by atoms with van der Waals surface area (Å²) in [7, 11) is 1.59. The molecule has 0 fully saturated rings. The van der Waals surface area contributed by atoms with Gasteiger partial charge >= 0.3 is 0 Å². The number of methoxy groups -OCH3 is 1. The first-order chi connectivity index (χ1) is 15.9. The van der Waals surface area contributed by atoms with Crippen LogP contribution in [0.4, 0.5) is 0 Å². The van der Waals surface area contributed by atoms with Gasteiger partial charge < -0.3 is 21.1 Å². The Morgan fingerprint density at radius 3 is 2.15 bits per heavy atom. The summed E-state index contributed by atoms with van der Waals surface area (Å²) in [6.07, 6.45) is 0.669. The molecule has 0 aliphatic carbocycles. The standard InChI is InChI=1S/C27H31N3O3/c1-27(18-22-14-9-15-23(16-22)33-2,26(32)29-19-21-12-7-4-8-13-21)30-25(31)24(28)17-20-10-5-3-6-11-20/h3-16,24H,17-19,28H2,1-2H3,(H,29,32)(H,30,31)/t24-,27?/m0/s1. The second-order valence-electron chi connectivity index (χ2n) is 8.31. The number of carbonyl (C=O) groups excluding carboxylic acids is 2. The Kier molecular flexibility index (Phi) is 8.22. The van der Waals surface area contributed by atoms with Crippen molar-refractivity contribution in [3.05, 3.63) is 102 Å². The van der Waals surface area contributed by atoms with Gasteiger partial charge in [-0.25, -0.2) is 0 Å². The van der Waals surface area contributed by atoms with Crippen LogP contribution < -0.4 is 21.1 Å². The van der Waals surface area contributed by atoms with Crippen molar-refractivity contribution in [3.8, 4) is 5.75 Å². The molecule has 33 heavy (non-hydrogen) atoms. The van der Waals surface area contributed by atoms with Crippen LogP contribution in [0, 0.1) is 0 Å². The number of benzene rings is 3. The molecule has 6 heteroatoms. The van der Waals surface area contributed by atoms with E-state index in [1.807, 2.05) is 84.9 Å². The molecule has 0 saturated carbocycles. The number of ether oxygens (including phenoxy) is 1. The second kappa shape index (κ2) is 11.3. The third-order valence-electron chi connectivity index (χ3n) is 5.52. The smallest absolute Gasteiger partial charge is 0.246 e. The van der Waals surface area contributed by atoms with Gasteiger partial charge in [0.15, 0.2) is 0 Å². The molecular weight excluding hydrogens is 414 g/mol. The minimum atomic E-state index is -1.20. The fourth-order valence-electron chi connectivity index (χ4n) is 3.67. The maximum atomic E-state index is 13.3. The molecule has 0 bridgehead atoms. The molecule has 0 heterocycles. The topological polar surface area (TPSA) is 93.4 Å². The van der Waals surface area contributed by atoms with Gasteiger partial charge in [-0.2, -0.15) is 0 Å². The van der Waals surface area contributed by atoms with E-state index in [2.05, 4.69) is 10.6 Å². The molecule has 0 spiro atoms. The van der Waals surface area contributed by atoms with Crippen molar-refractivity contribution < 1.29 is 14.3 Å². The van der Waals surface area contributed by atoms with Gasteiger partial charge in [0.25, 0.3) is 0 Å². The Hall–Kier alpha value is -3.64. The number of hydrogen-bond acceptors (Lipinski definition) is 4. The molecule has 172 valence electrons. The minimum Gasteiger partial charge on any atom is -0.497 e. The summed E-state index contributed by atoms with van der Waals surface area (Å²) in [6, 6.07) is 25.9. The van der Waals surface area contributed by atoms with Crippen molar-refractivity contribution in [2.75, 3.05) is 7.11 Å². The van der Waals surface area contributed by atoms with Gasteiger partial charge in [-0.05, 0) is 42.2 Å². The molecular formula is C27H31N3O3. The lowest BCUT2D eigenvalue weighted by Gasteiger charge is -2.31. The van der Waals surface area contributed by atoms with E-state index in [1.165, 1.54) is 0 Å². The molecule has 0 saturated heterocycles. The number of hydrogen-bond donors (Lipinski definition) is 3. The summed E-state index contributed by atoms with van der Waals surface area (Å²) >= 11 is 0. The Morgan fingerprint density at radius 2 is 1.52 bits per heavy atom. The number of nitrogens with one attached hydrogen (secondary N) is 2. The van der Waals surface area contributed by atoms with Crippen LogP contribution in [0.3, 0.4) is 0 Å². The highest BCUT2D eigenvalue weighted by atomic mass is 16.5. The molecule has 0 aliphatic rings. The maximum Gasteiger partial charge on any atom is 0.246 e. The van der Waals surface area contributed by atoms with Crippen LogP contribution in [-0.4, -0.2) is 30.5 Å². The molecule has 3 aromatic carbocycles. The summed E-state index contributed by atoms with van der Waals surface area (Å²) in [5.74, 6) is 0.0280. The highest BCUT2D eigenvalue weighted by Crippen LogP contribution is 2.19. The first kappa shape index (κ1) is 24.0. The first-order valence-electron chi connectivity index (χ1n) is 11.0. The third-order valence-corrected chi connectivity index (χ3v) is 5.52. The zero-order valence-electron chi connectivity index (χ0n) is 19.1. The van der Waals surface area contributed by atoms with Crippen molar-refractivity contribution in [2.45, 2.75) is 37.9 Å². The van der Waals surface area contributed by atoms with Gasteiger partial charge in [-0.15, -0.1) is 0 Å². The van der Waals surface area contributed by atoms with E-state index in [0.717, 1.165) is 16.7 Å². The first-order valence-corrected chi connectivity index (χ1v) is 11.0. The molecule has 4 N–H and O–H groups in total. The molecule has 6 nitrogen and oxygen atoms in total. The van der Waals surface area contributed by atoms with Gasteiger partial charge in [-0.1, -0.05) is 72.8 Å². The Labute approximate surface area is 195 Å². The van der Waals surface area contributed by atoms with Crippen molar-refractivity contribution in [2.24, 2.45) is 5.73 Å². The van der Waals surface area contributed by atoms with Crippen LogP contribution in [0.2, 0.25) is 0 Å². The average Bonchev–Trinajstić information content (AvgIpc) is 2.83.